The monoisotopic (exact) mass is 284 g/mol. The Hall–Kier alpha value is -2.43. The van der Waals surface area contributed by atoms with Gasteiger partial charge in [-0.15, -0.1) is 0 Å². The van der Waals surface area contributed by atoms with Crippen LogP contribution in [0, 0.1) is 13.8 Å². The maximum atomic E-state index is 12.0. The van der Waals surface area contributed by atoms with Gasteiger partial charge in [-0.05, 0) is 51.5 Å². The number of carbonyl (C=O) groups excluding carboxylic acids is 1. The number of aromatic nitrogens is 2. The van der Waals surface area contributed by atoms with E-state index in [0.717, 1.165) is 16.9 Å². The Labute approximate surface area is 124 Å². The summed E-state index contributed by atoms with van der Waals surface area (Å²) < 4.78 is 0. The molecule has 110 valence electrons. The summed E-state index contributed by atoms with van der Waals surface area (Å²) in [4.78, 5) is 20.6. The highest BCUT2D eigenvalue weighted by Gasteiger charge is 2.11. The van der Waals surface area contributed by atoms with Gasteiger partial charge in [0, 0.05) is 17.4 Å². The summed E-state index contributed by atoms with van der Waals surface area (Å²) in [6.07, 6.45) is 0. The predicted octanol–water partition coefficient (Wildman–Crippen LogP) is 2.98. The minimum Gasteiger partial charge on any atom is -0.349 e. The van der Waals surface area contributed by atoms with Crippen molar-refractivity contribution in [1.29, 1.82) is 0 Å². The zero-order valence-electron chi connectivity index (χ0n) is 12.8. The van der Waals surface area contributed by atoms with Crippen molar-refractivity contribution >= 4 is 17.5 Å². The number of nitrogens with zero attached hydrogens (tertiary/aromatic N) is 2. The fourth-order valence-electron chi connectivity index (χ4n) is 1.93. The molecule has 0 fully saturated rings. The fraction of sp³-hybridized carbons (Fsp3) is 0.312. The predicted molar refractivity (Wildman–Crippen MR) is 83.8 cm³/mol. The molecule has 0 saturated heterocycles. The van der Waals surface area contributed by atoms with Gasteiger partial charge in [-0.3, -0.25) is 4.79 Å². The molecule has 0 unspecified atom stereocenters. The van der Waals surface area contributed by atoms with Gasteiger partial charge in [-0.25, -0.2) is 9.97 Å². The lowest BCUT2D eigenvalue weighted by atomic mass is 10.2. The molecule has 0 aliphatic carbocycles. The van der Waals surface area contributed by atoms with Crippen LogP contribution in [-0.2, 0) is 0 Å². The average Bonchev–Trinajstić information content (AvgIpc) is 2.37. The zero-order valence-corrected chi connectivity index (χ0v) is 12.8. The van der Waals surface area contributed by atoms with Gasteiger partial charge in [0.05, 0.1) is 0 Å². The Balaban J connectivity index is 2.24. The summed E-state index contributed by atoms with van der Waals surface area (Å²) in [5.74, 6) is 0.234. The van der Waals surface area contributed by atoms with E-state index in [4.69, 9.17) is 0 Å². The van der Waals surface area contributed by atoms with Gasteiger partial charge in [-0.1, -0.05) is 12.1 Å². The maximum absolute atomic E-state index is 12.0. The molecule has 0 aliphatic heterocycles. The van der Waals surface area contributed by atoms with Crippen molar-refractivity contribution in [1.82, 2.24) is 15.3 Å². The molecule has 0 radical (unpaired) electrons. The van der Waals surface area contributed by atoms with Gasteiger partial charge in [0.2, 0.25) is 5.95 Å². The molecule has 1 aromatic heterocycles. The van der Waals surface area contributed by atoms with Crippen LogP contribution < -0.4 is 10.6 Å². The Morgan fingerprint density at radius 3 is 2.57 bits per heavy atom. The highest BCUT2D eigenvalue weighted by Crippen LogP contribution is 2.15. The van der Waals surface area contributed by atoms with E-state index in [0.29, 0.717) is 11.6 Å². The van der Waals surface area contributed by atoms with Crippen LogP contribution in [0.15, 0.2) is 30.3 Å². The van der Waals surface area contributed by atoms with Gasteiger partial charge in [0.25, 0.3) is 5.91 Å². The second-order valence-corrected chi connectivity index (χ2v) is 5.34. The summed E-state index contributed by atoms with van der Waals surface area (Å²) in [6.45, 7) is 7.69. The van der Waals surface area contributed by atoms with Crippen LogP contribution >= 0.6 is 0 Å². The molecule has 0 atom stereocenters. The van der Waals surface area contributed by atoms with Crippen molar-refractivity contribution in [2.24, 2.45) is 0 Å². The highest BCUT2D eigenvalue weighted by molar-refractivity contribution is 5.92. The van der Waals surface area contributed by atoms with Crippen molar-refractivity contribution in [3.05, 3.63) is 47.3 Å². The molecule has 5 nitrogen and oxygen atoms in total. The number of aryl methyl sites for hydroxylation is 2. The van der Waals surface area contributed by atoms with E-state index >= 15 is 0 Å². The summed E-state index contributed by atoms with van der Waals surface area (Å²) in [5.41, 5.74) is 3.15. The summed E-state index contributed by atoms with van der Waals surface area (Å²) in [7, 11) is 0. The molecule has 0 saturated carbocycles. The standard InChI is InChI=1S/C16H20N4O/c1-10(2)17-15(21)14-9-12(4)18-16(20-14)19-13-7-5-6-11(3)8-13/h5-10H,1-4H3,(H,17,21)(H,18,19,20). The smallest absolute Gasteiger partial charge is 0.270 e. The van der Waals surface area contributed by atoms with Crippen LogP contribution in [-0.4, -0.2) is 21.9 Å². The van der Waals surface area contributed by atoms with Crippen LogP contribution in [0.25, 0.3) is 0 Å². The second kappa shape index (κ2) is 6.35. The Morgan fingerprint density at radius 1 is 1.14 bits per heavy atom. The lowest BCUT2D eigenvalue weighted by molar-refractivity contribution is 0.0938. The van der Waals surface area contributed by atoms with Gasteiger partial charge in [-0.2, -0.15) is 0 Å². The zero-order chi connectivity index (χ0) is 15.4. The summed E-state index contributed by atoms with van der Waals surface area (Å²) in [5, 5.41) is 5.96. The van der Waals surface area contributed by atoms with Crippen LogP contribution in [0.5, 0.6) is 0 Å². The first-order chi connectivity index (χ1) is 9.94. The fourth-order valence-corrected chi connectivity index (χ4v) is 1.93. The molecule has 2 rings (SSSR count). The maximum Gasteiger partial charge on any atom is 0.270 e. The van der Waals surface area contributed by atoms with Crippen molar-refractivity contribution in [2.75, 3.05) is 5.32 Å². The largest absolute Gasteiger partial charge is 0.349 e. The van der Waals surface area contributed by atoms with Crippen molar-refractivity contribution in [2.45, 2.75) is 33.7 Å². The minimum absolute atomic E-state index is 0.0703. The molecule has 0 spiro atoms. The van der Waals surface area contributed by atoms with Crippen LogP contribution in [0.3, 0.4) is 0 Å². The van der Waals surface area contributed by atoms with Crippen LogP contribution in [0.2, 0.25) is 0 Å². The lowest BCUT2D eigenvalue weighted by Gasteiger charge is -2.10. The normalized spacial score (nSPS) is 10.5. The Kier molecular flexibility index (Phi) is 4.52. The van der Waals surface area contributed by atoms with Crippen molar-refractivity contribution in [3.63, 3.8) is 0 Å². The molecule has 21 heavy (non-hydrogen) atoms. The lowest BCUT2D eigenvalue weighted by Crippen LogP contribution is -2.31. The van der Waals surface area contributed by atoms with Gasteiger partial charge in [0.15, 0.2) is 0 Å². The third-order valence-corrected chi connectivity index (χ3v) is 2.78. The van der Waals surface area contributed by atoms with Crippen molar-refractivity contribution in [3.8, 4) is 0 Å². The van der Waals surface area contributed by atoms with E-state index < -0.39 is 0 Å². The number of amides is 1. The number of hydrogen-bond acceptors (Lipinski definition) is 4. The minimum atomic E-state index is -0.192. The Bertz CT molecular complexity index is 652. The molecule has 2 N–H and O–H groups in total. The molecule has 1 amide bonds. The molecule has 0 aliphatic rings. The molecule has 1 aromatic carbocycles. The van der Waals surface area contributed by atoms with E-state index in [9.17, 15) is 4.79 Å². The number of anilines is 2. The number of nitrogens with one attached hydrogen (secondary N) is 2. The third-order valence-electron chi connectivity index (χ3n) is 2.78. The number of carbonyl (C=O) groups is 1. The molecule has 2 aromatic rings. The first-order valence-electron chi connectivity index (χ1n) is 6.94. The molecule has 1 heterocycles. The number of hydrogen-bond donors (Lipinski definition) is 2. The van der Waals surface area contributed by atoms with Gasteiger partial charge < -0.3 is 10.6 Å². The number of rotatable bonds is 4. The van der Waals surface area contributed by atoms with Gasteiger partial charge in [0.1, 0.15) is 5.69 Å². The molecule has 0 bridgehead atoms. The van der Waals surface area contributed by atoms with Crippen molar-refractivity contribution < 1.29 is 4.79 Å². The van der Waals surface area contributed by atoms with Crippen LogP contribution in [0.1, 0.15) is 35.6 Å². The summed E-state index contributed by atoms with van der Waals surface area (Å²) >= 11 is 0. The topological polar surface area (TPSA) is 66.9 Å². The molecular weight excluding hydrogens is 264 g/mol. The first kappa shape index (κ1) is 15.0. The first-order valence-corrected chi connectivity index (χ1v) is 6.94. The third kappa shape index (κ3) is 4.27. The SMILES string of the molecule is Cc1cccc(Nc2nc(C)cc(C(=O)NC(C)C)n2)c1. The van der Waals surface area contributed by atoms with E-state index in [1.165, 1.54) is 0 Å². The van der Waals surface area contributed by atoms with Gasteiger partial charge >= 0.3 is 0 Å². The summed E-state index contributed by atoms with van der Waals surface area (Å²) in [6, 6.07) is 9.66. The molecule has 5 heteroatoms. The van der Waals surface area contributed by atoms with E-state index in [1.807, 2.05) is 52.0 Å². The van der Waals surface area contributed by atoms with E-state index in [2.05, 4.69) is 20.6 Å². The molecular formula is C16H20N4O. The Morgan fingerprint density at radius 2 is 1.90 bits per heavy atom. The quantitative estimate of drug-likeness (QED) is 0.905. The van der Waals surface area contributed by atoms with E-state index in [-0.39, 0.29) is 11.9 Å². The van der Waals surface area contributed by atoms with E-state index in [1.54, 1.807) is 6.07 Å². The van der Waals surface area contributed by atoms with Crippen LogP contribution in [0.4, 0.5) is 11.6 Å². The average molecular weight is 284 g/mol. The highest BCUT2D eigenvalue weighted by atomic mass is 16.1. The number of benzene rings is 1. The second-order valence-electron chi connectivity index (χ2n) is 5.34.